The summed E-state index contributed by atoms with van der Waals surface area (Å²) in [5, 5.41) is 0.275. The molecule has 4 nitrogen and oxygen atoms in total. The smallest absolute Gasteiger partial charge is 0.161 e. The Morgan fingerprint density at radius 3 is 2.50 bits per heavy atom. The molecule has 18 heavy (non-hydrogen) atoms. The summed E-state index contributed by atoms with van der Waals surface area (Å²) in [5.41, 5.74) is 8.57. The van der Waals surface area contributed by atoms with E-state index in [0.717, 1.165) is 12.1 Å². The van der Waals surface area contributed by atoms with Gasteiger partial charge in [0.25, 0.3) is 0 Å². The molecule has 0 bridgehead atoms. The van der Waals surface area contributed by atoms with Crippen molar-refractivity contribution in [3.63, 3.8) is 0 Å². The van der Waals surface area contributed by atoms with Gasteiger partial charge < -0.3 is 10.6 Å². The van der Waals surface area contributed by atoms with Crippen LogP contribution in [-0.4, -0.2) is 17.0 Å². The van der Waals surface area contributed by atoms with Gasteiger partial charge in [-0.05, 0) is 24.1 Å². The minimum atomic E-state index is 0.275. The third-order valence-corrected chi connectivity index (χ3v) is 3.17. The van der Waals surface area contributed by atoms with Crippen molar-refractivity contribution in [2.75, 3.05) is 17.7 Å². The van der Waals surface area contributed by atoms with Crippen molar-refractivity contribution in [2.24, 2.45) is 0 Å². The van der Waals surface area contributed by atoms with E-state index in [2.05, 4.69) is 29.0 Å². The van der Waals surface area contributed by atoms with Crippen LogP contribution in [-0.2, 0) is 6.42 Å². The van der Waals surface area contributed by atoms with Gasteiger partial charge in [0.15, 0.2) is 11.0 Å². The van der Waals surface area contributed by atoms with Crippen LogP contribution in [0.3, 0.4) is 0 Å². The lowest BCUT2D eigenvalue weighted by Crippen LogP contribution is -2.14. The Hall–Kier alpha value is -1.81. The molecule has 1 aromatic heterocycles. The van der Waals surface area contributed by atoms with Crippen molar-refractivity contribution in [1.29, 1.82) is 0 Å². The van der Waals surface area contributed by atoms with E-state index in [1.807, 2.05) is 24.1 Å². The quantitative estimate of drug-likeness (QED) is 0.864. The molecule has 2 aromatic rings. The van der Waals surface area contributed by atoms with Gasteiger partial charge >= 0.3 is 0 Å². The van der Waals surface area contributed by atoms with Gasteiger partial charge in [0.1, 0.15) is 12.0 Å². The van der Waals surface area contributed by atoms with E-state index in [4.69, 9.17) is 17.3 Å². The van der Waals surface area contributed by atoms with Crippen LogP contribution >= 0.6 is 11.6 Å². The molecule has 1 aromatic carbocycles. The van der Waals surface area contributed by atoms with E-state index < -0.39 is 0 Å². The average Bonchev–Trinajstić information content (AvgIpc) is 2.41. The Balaban J connectivity index is 2.35. The summed E-state index contributed by atoms with van der Waals surface area (Å²) in [4.78, 5) is 9.90. The summed E-state index contributed by atoms with van der Waals surface area (Å²) in [7, 11) is 1.90. The maximum atomic E-state index is 5.89. The van der Waals surface area contributed by atoms with E-state index in [9.17, 15) is 0 Å². The molecule has 0 saturated heterocycles. The van der Waals surface area contributed by atoms with Crippen LogP contribution in [0.25, 0.3) is 0 Å². The van der Waals surface area contributed by atoms with Crippen molar-refractivity contribution in [3.8, 4) is 0 Å². The van der Waals surface area contributed by atoms with Crippen molar-refractivity contribution in [2.45, 2.75) is 13.3 Å². The van der Waals surface area contributed by atoms with E-state index in [1.165, 1.54) is 11.9 Å². The zero-order valence-electron chi connectivity index (χ0n) is 10.4. The van der Waals surface area contributed by atoms with Crippen LogP contribution < -0.4 is 10.6 Å². The minimum Gasteiger partial charge on any atom is -0.393 e. The molecular formula is C13H15ClN4. The van der Waals surface area contributed by atoms with Crippen LogP contribution in [0.4, 0.5) is 17.2 Å². The first-order valence-corrected chi connectivity index (χ1v) is 6.10. The summed E-state index contributed by atoms with van der Waals surface area (Å²) in [6.07, 6.45) is 2.43. The van der Waals surface area contributed by atoms with Crippen molar-refractivity contribution in [3.05, 3.63) is 41.3 Å². The number of hydrogen-bond donors (Lipinski definition) is 1. The van der Waals surface area contributed by atoms with Crippen LogP contribution in [0.1, 0.15) is 12.5 Å². The van der Waals surface area contributed by atoms with Gasteiger partial charge in [-0.3, -0.25) is 0 Å². The average molecular weight is 263 g/mol. The predicted molar refractivity (Wildman–Crippen MR) is 75.3 cm³/mol. The molecule has 0 aliphatic rings. The normalized spacial score (nSPS) is 10.4. The molecule has 0 amide bonds. The fraction of sp³-hybridized carbons (Fsp3) is 0.231. The Morgan fingerprint density at radius 2 is 1.89 bits per heavy atom. The highest BCUT2D eigenvalue weighted by atomic mass is 35.5. The minimum absolute atomic E-state index is 0.275. The van der Waals surface area contributed by atoms with Crippen molar-refractivity contribution < 1.29 is 0 Å². The Kier molecular flexibility index (Phi) is 3.67. The summed E-state index contributed by atoms with van der Waals surface area (Å²) < 4.78 is 0. The zero-order chi connectivity index (χ0) is 13.1. The first-order chi connectivity index (χ1) is 8.63. The number of hydrogen-bond acceptors (Lipinski definition) is 4. The largest absolute Gasteiger partial charge is 0.393 e. The SMILES string of the molecule is CCc1ccc(N(C)c2ncnc(Cl)c2N)cc1. The number of halogens is 1. The molecule has 1 heterocycles. The molecule has 94 valence electrons. The second kappa shape index (κ2) is 5.23. The number of aryl methyl sites for hydroxylation is 1. The molecule has 0 saturated carbocycles. The number of aromatic nitrogens is 2. The highest BCUT2D eigenvalue weighted by molar-refractivity contribution is 6.32. The first kappa shape index (κ1) is 12.6. The third kappa shape index (κ3) is 2.38. The first-order valence-electron chi connectivity index (χ1n) is 5.72. The zero-order valence-corrected chi connectivity index (χ0v) is 11.1. The highest BCUT2D eigenvalue weighted by Crippen LogP contribution is 2.30. The summed E-state index contributed by atoms with van der Waals surface area (Å²) >= 11 is 5.89. The Morgan fingerprint density at radius 1 is 1.22 bits per heavy atom. The van der Waals surface area contributed by atoms with Gasteiger partial charge in [0.05, 0.1) is 0 Å². The van der Waals surface area contributed by atoms with Crippen LogP contribution in [0.2, 0.25) is 5.15 Å². The number of benzene rings is 1. The van der Waals surface area contributed by atoms with Crippen molar-refractivity contribution >= 4 is 28.8 Å². The predicted octanol–water partition coefficient (Wildman–Crippen LogP) is 3.04. The molecule has 0 aliphatic carbocycles. The van der Waals surface area contributed by atoms with Gasteiger partial charge in [0, 0.05) is 12.7 Å². The lowest BCUT2D eigenvalue weighted by molar-refractivity contribution is 1.08. The summed E-state index contributed by atoms with van der Waals surface area (Å²) in [6, 6.07) is 8.25. The van der Waals surface area contributed by atoms with Gasteiger partial charge in [-0.15, -0.1) is 0 Å². The number of anilines is 3. The molecule has 2 rings (SSSR count). The molecule has 2 N–H and O–H groups in total. The molecule has 0 spiro atoms. The maximum Gasteiger partial charge on any atom is 0.161 e. The van der Waals surface area contributed by atoms with Crippen LogP contribution in [0.5, 0.6) is 0 Å². The van der Waals surface area contributed by atoms with Gasteiger partial charge in [0.2, 0.25) is 0 Å². The Labute approximate surface area is 111 Å². The van der Waals surface area contributed by atoms with E-state index in [0.29, 0.717) is 11.5 Å². The fourth-order valence-electron chi connectivity index (χ4n) is 1.71. The van der Waals surface area contributed by atoms with Gasteiger partial charge in [-0.25, -0.2) is 9.97 Å². The summed E-state index contributed by atoms with van der Waals surface area (Å²) in [5.74, 6) is 0.610. The third-order valence-electron chi connectivity index (χ3n) is 2.86. The molecule has 0 atom stereocenters. The lowest BCUT2D eigenvalue weighted by Gasteiger charge is -2.20. The van der Waals surface area contributed by atoms with E-state index in [-0.39, 0.29) is 5.15 Å². The summed E-state index contributed by atoms with van der Waals surface area (Å²) in [6.45, 7) is 2.13. The second-order valence-electron chi connectivity index (χ2n) is 3.98. The van der Waals surface area contributed by atoms with E-state index >= 15 is 0 Å². The molecule has 0 unspecified atom stereocenters. The monoisotopic (exact) mass is 262 g/mol. The molecule has 0 aliphatic heterocycles. The topological polar surface area (TPSA) is 55.0 Å². The Bertz CT molecular complexity index is 539. The lowest BCUT2D eigenvalue weighted by atomic mass is 10.1. The number of nitrogens with two attached hydrogens (primary N) is 1. The molecular weight excluding hydrogens is 248 g/mol. The number of nitrogen functional groups attached to an aromatic ring is 1. The fourth-order valence-corrected chi connectivity index (χ4v) is 1.84. The number of nitrogens with zero attached hydrogens (tertiary/aromatic N) is 3. The van der Waals surface area contributed by atoms with E-state index in [1.54, 1.807) is 0 Å². The molecule has 0 radical (unpaired) electrons. The number of rotatable bonds is 3. The molecule has 5 heteroatoms. The van der Waals surface area contributed by atoms with Crippen molar-refractivity contribution in [1.82, 2.24) is 9.97 Å². The standard InChI is InChI=1S/C13H15ClN4/c1-3-9-4-6-10(7-5-9)18(2)13-11(15)12(14)16-8-17-13/h4-8H,3,15H2,1-2H3. The maximum absolute atomic E-state index is 5.89. The van der Waals surface area contributed by atoms with Gasteiger partial charge in [-0.1, -0.05) is 30.7 Å². The second-order valence-corrected chi connectivity index (χ2v) is 4.34. The molecule has 0 fully saturated rings. The van der Waals surface area contributed by atoms with Crippen LogP contribution in [0, 0.1) is 0 Å². The van der Waals surface area contributed by atoms with Gasteiger partial charge in [-0.2, -0.15) is 0 Å². The van der Waals surface area contributed by atoms with Crippen LogP contribution in [0.15, 0.2) is 30.6 Å². The highest BCUT2D eigenvalue weighted by Gasteiger charge is 2.12.